The molecule has 1 aromatic carbocycles. The highest BCUT2D eigenvalue weighted by Crippen LogP contribution is 2.41. The molecule has 1 saturated heterocycles. The summed E-state index contributed by atoms with van der Waals surface area (Å²) in [6.07, 6.45) is 1.86. The highest BCUT2D eigenvalue weighted by atomic mass is 16.2. The summed E-state index contributed by atoms with van der Waals surface area (Å²) < 4.78 is 0. The number of amides is 3. The Balaban J connectivity index is 1.46. The highest BCUT2D eigenvalue weighted by molar-refractivity contribution is 6.05. The first kappa shape index (κ1) is 17.0. The van der Waals surface area contributed by atoms with E-state index in [1.54, 1.807) is 15.9 Å². The third-order valence-corrected chi connectivity index (χ3v) is 5.42. The average molecular weight is 356 g/mol. The third kappa shape index (κ3) is 2.96. The first-order valence-electron chi connectivity index (χ1n) is 9.27. The molecule has 2 atom stereocenters. The molecule has 0 radical (unpaired) electrons. The van der Waals surface area contributed by atoms with Gasteiger partial charge in [-0.25, -0.2) is 0 Å². The van der Waals surface area contributed by atoms with Crippen LogP contribution in [0, 0.1) is 0 Å². The maximum absolute atomic E-state index is 12.9. The van der Waals surface area contributed by atoms with Crippen molar-refractivity contribution in [3.8, 4) is 0 Å². The van der Waals surface area contributed by atoms with Crippen LogP contribution in [0.1, 0.15) is 41.7 Å². The van der Waals surface area contributed by atoms with Crippen LogP contribution in [-0.4, -0.2) is 65.8 Å². The van der Waals surface area contributed by atoms with Crippen molar-refractivity contribution in [3.63, 3.8) is 0 Å². The second-order valence-electron chi connectivity index (χ2n) is 7.29. The normalized spacial score (nSPS) is 25.2. The molecule has 26 heavy (non-hydrogen) atoms. The van der Waals surface area contributed by atoms with E-state index in [9.17, 15) is 14.4 Å². The number of benzene rings is 1. The number of nitrogens with zero attached hydrogens (tertiary/aromatic N) is 2. The fourth-order valence-electron chi connectivity index (χ4n) is 3.91. The smallest absolute Gasteiger partial charge is 0.255 e. The molecule has 1 unspecified atom stereocenters. The van der Waals surface area contributed by atoms with Gasteiger partial charge in [0.1, 0.15) is 6.04 Å². The molecule has 7 heteroatoms. The molecule has 1 aromatic rings. The van der Waals surface area contributed by atoms with Gasteiger partial charge in [0.05, 0.1) is 6.54 Å². The number of carbonyl (C=O) groups excluding carboxylic acids is 3. The molecule has 0 bridgehead atoms. The van der Waals surface area contributed by atoms with Crippen molar-refractivity contribution in [2.24, 2.45) is 0 Å². The molecule has 1 saturated carbocycles. The Labute approximate surface area is 152 Å². The number of hydrogen-bond acceptors (Lipinski definition) is 4. The van der Waals surface area contributed by atoms with Crippen molar-refractivity contribution in [3.05, 3.63) is 35.4 Å². The summed E-state index contributed by atoms with van der Waals surface area (Å²) in [5, 5.41) is 6.02. The van der Waals surface area contributed by atoms with Crippen LogP contribution in [0.25, 0.3) is 0 Å². The molecule has 1 aliphatic carbocycles. The number of hydrogen-bond donors (Lipinski definition) is 2. The number of fused-ring (bicyclic) bond motifs is 1. The Hall–Kier alpha value is -2.41. The zero-order valence-corrected chi connectivity index (χ0v) is 14.9. The van der Waals surface area contributed by atoms with Crippen LogP contribution in [0.3, 0.4) is 0 Å². The van der Waals surface area contributed by atoms with Gasteiger partial charge in [0.15, 0.2) is 0 Å². The number of piperazine rings is 1. The van der Waals surface area contributed by atoms with Gasteiger partial charge in [-0.15, -0.1) is 0 Å². The highest BCUT2D eigenvalue weighted by Gasteiger charge is 2.47. The van der Waals surface area contributed by atoms with Gasteiger partial charge in [-0.3, -0.25) is 14.4 Å². The summed E-state index contributed by atoms with van der Waals surface area (Å²) in [6.45, 7) is 4.14. The van der Waals surface area contributed by atoms with Crippen molar-refractivity contribution in [2.75, 3.05) is 26.2 Å². The molecule has 2 fully saturated rings. The summed E-state index contributed by atoms with van der Waals surface area (Å²) in [6, 6.07) is 6.89. The van der Waals surface area contributed by atoms with E-state index in [2.05, 4.69) is 10.6 Å². The first-order valence-corrected chi connectivity index (χ1v) is 9.27. The van der Waals surface area contributed by atoms with Crippen LogP contribution < -0.4 is 10.6 Å². The topological polar surface area (TPSA) is 81.8 Å². The van der Waals surface area contributed by atoms with Gasteiger partial charge in [-0.1, -0.05) is 18.2 Å². The molecule has 0 aromatic heterocycles. The van der Waals surface area contributed by atoms with Crippen LogP contribution in [-0.2, 0) is 9.59 Å². The zero-order valence-electron chi connectivity index (χ0n) is 14.9. The molecule has 3 amide bonds. The molecule has 2 aliphatic heterocycles. The lowest BCUT2D eigenvalue weighted by Crippen LogP contribution is -2.55. The van der Waals surface area contributed by atoms with E-state index in [4.69, 9.17) is 0 Å². The van der Waals surface area contributed by atoms with Crippen molar-refractivity contribution >= 4 is 17.7 Å². The number of nitrogens with one attached hydrogen (secondary N) is 2. The Morgan fingerprint density at radius 3 is 2.77 bits per heavy atom. The van der Waals surface area contributed by atoms with E-state index in [1.807, 2.05) is 25.1 Å². The Kier molecular flexibility index (Phi) is 4.40. The lowest BCUT2D eigenvalue weighted by atomic mass is 10.0. The molecule has 138 valence electrons. The summed E-state index contributed by atoms with van der Waals surface area (Å²) in [4.78, 5) is 41.5. The molecular weight excluding hydrogens is 332 g/mol. The fourth-order valence-corrected chi connectivity index (χ4v) is 3.91. The minimum Gasteiger partial charge on any atom is -0.345 e. The van der Waals surface area contributed by atoms with Gasteiger partial charge in [0.2, 0.25) is 11.8 Å². The molecule has 7 nitrogen and oxygen atoms in total. The summed E-state index contributed by atoms with van der Waals surface area (Å²) in [5.41, 5.74) is 1.34. The van der Waals surface area contributed by atoms with Crippen LogP contribution in [0.2, 0.25) is 0 Å². The second kappa shape index (κ2) is 6.72. The monoisotopic (exact) mass is 356 g/mol. The molecule has 2 N–H and O–H groups in total. The predicted molar refractivity (Wildman–Crippen MR) is 95.4 cm³/mol. The van der Waals surface area contributed by atoms with Crippen LogP contribution in [0.5, 0.6) is 0 Å². The van der Waals surface area contributed by atoms with Crippen molar-refractivity contribution in [1.29, 1.82) is 0 Å². The standard InChI is InChI=1S/C19H24N4O3/c1-12-10-20-8-9-22(12)16(24)11-21-18(25)17-14-4-2-3-5-15(14)19(26)23(17)13-6-7-13/h2-5,12-13,17,20H,6-11H2,1H3,(H,21,25)/t12-,17?/m1/s1. The van der Waals surface area contributed by atoms with Gasteiger partial charge in [-0.2, -0.15) is 0 Å². The SMILES string of the molecule is C[C@@H]1CNCCN1C(=O)CNC(=O)C1c2ccccc2C(=O)N1C1CC1. The van der Waals surface area contributed by atoms with Gasteiger partial charge in [-0.05, 0) is 31.4 Å². The van der Waals surface area contributed by atoms with E-state index >= 15 is 0 Å². The molecular formula is C19H24N4O3. The maximum atomic E-state index is 12.9. The van der Waals surface area contributed by atoms with Gasteiger partial charge in [0.25, 0.3) is 5.91 Å². The average Bonchev–Trinajstić information content (AvgIpc) is 3.44. The van der Waals surface area contributed by atoms with Crippen molar-refractivity contribution in [1.82, 2.24) is 20.4 Å². The maximum Gasteiger partial charge on any atom is 0.255 e. The van der Waals surface area contributed by atoms with Crippen molar-refractivity contribution in [2.45, 2.75) is 37.9 Å². The van der Waals surface area contributed by atoms with E-state index in [1.165, 1.54) is 0 Å². The first-order chi connectivity index (χ1) is 12.6. The molecule has 3 aliphatic rings. The zero-order chi connectivity index (χ0) is 18.3. The lowest BCUT2D eigenvalue weighted by molar-refractivity contribution is -0.136. The number of rotatable bonds is 4. The van der Waals surface area contributed by atoms with E-state index in [-0.39, 0.29) is 36.3 Å². The molecule has 4 rings (SSSR count). The third-order valence-electron chi connectivity index (χ3n) is 5.42. The Morgan fingerprint density at radius 1 is 1.27 bits per heavy atom. The summed E-state index contributed by atoms with van der Waals surface area (Å²) >= 11 is 0. The predicted octanol–water partition coefficient (Wildman–Crippen LogP) is 0.282. The minimum atomic E-state index is -0.626. The minimum absolute atomic E-state index is 0.0332. The second-order valence-corrected chi connectivity index (χ2v) is 7.29. The quantitative estimate of drug-likeness (QED) is 0.812. The summed E-state index contributed by atoms with van der Waals surface area (Å²) in [7, 11) is 0. The van der Waals surface area contributed by atoms with Crippen LogP contribution >= 0.6 is 0 Å². The van der Waals surface area contributed by atoms with Gasteiger partial charge < -0.3 is 20.4 Å². The Morgan fingerprint density at radius 2 is 2.04 bits per heavy atom. The van der Waals surface area contributed by atoms with Gasteiger partial charge in [0, 0.05) is 37.3 Å². The van der Waals surface area contributed by atoms with Gasteiger partial charge >= 0.3 is 0 Å². The van der Waals surface area contributed by atoms with Crippen LogP contribution in [0.15, 0.2) is 24.3 Å². The molecule has 0 spiro atoms. The number of carbonyl (C=O) groups is 3. The Bertz CT molecular complexity index is 746. The van der Waals surface area contributed by atoms with Crippen LogP contribution in [0.4, 0.5) is 0 Å². The molecule has 2 heterocycles. The largest absolute Gasteiger partial charge is 0.345 e. The fraction of sp³-hybridized carbons (Fsp3) is 0.526. The summed E-state index contributed by atoms with van der Waals surface area (Å²) in [5.74, 6) is -0.431. The van der Waals surface area contributed by atoms with E-state index in [0.29, 0.717) is 12.1 Å². The lowest BCUT2D eigenvalue weighted by Gasteiger charge is -2.34. The van der Waals surface area contributed by atoms with E-state index < -0.39 is 6.04 Å². The van der Waals surface area contributed by atoms with E-state index in [0.717, 1.165) is 31.5 Å². The van der Waals surface area contributed by atoms with Crippen molar-refractivity contribution < 1.29 is 14.4 Å².